The number of carbonyl (C=O) groups is 1. The molecule has 2 aromatic heterocycles. The van der Waals surface area contributed by atoms with Gasteiger partial charge in [-0.15, -0.1) is 11.3 Å². The fourth-order valence-electron chi connectivity index (χ4n) is 3.50. The van der Waals surface area contributed by atoms with E-state index in [1.54, 1.807) is 46.3 Å². The highest BCUT2D eigenvalue weighted by atomic mass is 32.2. The molecule has 1 amide bonds. The molecule has 0 spiro atoms. The highest BCUT2D eigenvalue weighted by molar-refractivity contribution is 7.99. The van der Waals surface area contributed by atoms with Crippen molar-refractivity contribution in [1.82, 2.24) is 14.9 Å². The third kappa shape index (κ3) is 6.20. The second-order valence-corrected chi connectivity index (χ2v) is 11.3. The standard InChI is InChI=1S/C22H25F3N4O3S2/c1-20(2,3)32-19(30)29-14(11-31-21(29,4)5)8-15(16-10-27-12-33-16)34-18-13(9-26)6-7-17(28-18)22(23,24)25/h6-7,10,12,14-15H,8,11H2,1-5H3/t14?,15-/m1/s1. The first kappa shape index (κ1) is 26.2. The maximum absolute atomic E-state index is 13.3. The van der Waals surface area contributed by atoms with Crippen molar-refractivity contribution < 1.29 is 27.4 Å². The Kier molecular flexibility index (Phi) is 7.50. The maximum Gasteiger partial charge on any atom is 0.433 e. The number of rotatable bonds is 5. The van der Waals surface area contributed by atoms with Crippen molar-refractivity contribution in [3.8, 4) is 6.07 Å². The van der Waals surface area contributed by atoms with Crippen LogP contribution in [0.2, 0.25) is 0 Å². The number of nitriles is 1. The van der Waals surface area contributed by atoms with Crippen molar-refractivity contribution >= 4 is 29.2 Å². The van der Waals surface area contributed by atoms with Crippen LogP contribution in [-0.2, 0) is 15.7 Å². The fraction of sp³-hybridized carbons (Fsp3) is 0.545. The number of thioether (sulfide) groups is 1. The molecule has 0 saturated carbocycles. The van der Waals surface area contributed by atoms with Gasteiger partial charge in [-0.1, -0.05) is 11.8 Å². The highest BCUT2D eigenvalue weighted by Gasteiger charge is 2.46. The van der Waals surface area contributed by atoms with E-state index in [2.05, 4.69) is 9.97 Å². The topological polar surface area (TPSA) is 88.3 Å². The second kappa shape index (κ2) is 9.71. The number of ether oxygens (including phenoxy) is 2. The summed E-state index contributed by atoms with van der Waals surface area (Å²) in [5.74, 6) is 0. The van der Waals surface area contributed by atoms with Gasteiger partial charge in [0.05, 0.1) is 23.7 Å². The molecule has 0 radical (unpaired) electrons. The van der Waals surface area contributed by atoms with Gasteiger partial charge in [-0.25, -0.2) is 9.78 Å². The Morgan fingerprint density at radius 3 is 2.68 bits per heavy atom. The van der Waals surface area contributed by atoms with E-state index in [9.17, 15) is 23.2 Å². The summed E-state index contributed by atoms with van der Waals surface area (Å²) in [6, 6.07) is 3.41. The molecule has 0 bridgehead atoms. The molecule has 1 fully saturated rings. The monoisotopic (exact) mass is 514 g/mol. The molecule has 3 rings (SSSR count). The van der Waals surface area contributed by atoms with Crippen LogP contribution in [0.25, 0.3) is 0 Å². The zero-order valence-electron chi connectivity index (χ0n) is 19.3. The molecule has 2 aromatic rings. The number of alkyl halides is 3. The lowest BCUT2D eigenvalue weighted by Crippen LogP contribution is -2.50. The number of pyridine rings is 1. The molecule has 184 valence electrons. The van der Waals surface area contributed by atoms with Crippen LogP contribution in [0.5, 0.6) is 0 Å². The van der Waals surface area contributed by atoms with Gasteiger partial charge in [0, 0.05) is 16.3 Å². The summed E-state index contributed by atoms with van der Waals surface area (Å²) in [7, 11) is 0. The van der Waals surface area contributed by atoms with Crippen LogP contribution >= 0.6 is 23.1 Å². The van der Waals surface area contributed by atoms with E-state index in [0.29, 0.717) is 6.42 Å². The molecule has 2 atom stereocenters. The van der Waals surface area contributed by atoms with Crippen LogP contribution in [0.15, 0.2) is 28.9 Å². The summed E-state index contributed by atoms with van der Waals surface area (Å²) in [5.41, 5.74) is -1.05. The molecule has 1 saturated heterocycles. The van der Waals surface area contributed by atoms with Crippen LogP contribution in [0.3, 0.4) is 0 Å². The molecular formula is C22H25F3N4O3S2. The average molecular weight is 515 g/mol. The second-order valence-electron chi connectivity index (χ2n) is 9.17. The number of thiazole rings is 1. The first-order chi connectivity index (χ1) is 15.7. The molecule has 3 heterocycles. The van der Waals surface area contributed by atoms with Gasteiger partial charge in [0.25, 0.3) is 0 Å². The van der Waals surface area contributed by atoms with Gasteiger partial charge in [-0.2, -0.15) is 18.4 Å². The van der Waals surface area contributed by atoms with Crippen molar-refractivity contribution in [2.24, 2.45) is 0 Å². The number of aromatic nitrogens is 2. The van der Waals surface area contributed by atoms with Crippen LogP contribution in [0, 0.1) is 11.3 Å². The van der Waals surface area contributed by atoms with Gasteiger partial charge >= 0.3 is 12.3 Å². The third-order valence-electron chi connectivity index (χ3n) is 4.94. The first-order valence-corrected chi connectivity index (χ1v) is 12.2. The number of nitrogens with zero attached hydrogens (tertiary/aromatic N) is 4. The molecule has 34 heavy (non-hydrogen) atoms. The quantitative estimate of drug-likeness (QED) is 0.451. The number of hydrogen-bond donors (Lipinski definition) is 0. The minimum absolute atomic E-state index is 0.0299. The summed E-state index contributed by atoms with van der Waals surface area (Å²) < 4.78 is 51.2. The van der Waals surface area contributed by atoms with Crippen LogP contribution in [0.4, 0.5) is 18.0 Å². The van der Waals surface area contributed by atoms with Gasteiger partial charge in [-0.05, 0) is 53.2 Å². The van der Waals surface area contributed by atoms with E-state index in [4.69, 9.17) is 9.47 Å². The molecule has 7 nitrogen and oxygen atoms in total. The van der Waals surface area contributed by atoms with E-state index in [1.807, 2.05) is 6.07 Å². The molecule has 0 N–H and O–H groups in total. The fourth-order valence-corrected chi connectivity index (χ4v) is 5.58. The largest absolute Gasteiger partial charge is 0.444 e. The van der Waals surface area contributed by atoms with E-state index in [-0.39, 0.29) is 17.2 Å². The van der Waals surface area contributed by atoms with Gasteiger partial charge in [0.1, 0.15) is 28.1 Å². The smallest absolute Gasteiger partial charge is 0.433 e. The third-order valence-corrected chi connectivity index (χ3v) is 7.25. The summed E-state index contributed by atoms with van der Waals surface area (Å²) >= 11 is 2.38. The number of amides is 1. The Labute approximate surface area is 204 Å². The zero-order chi connectivity index (χ0) is 25.3. The predicted octanol–water partition coefficient (Wildman–Crippen LogP) is 6.02. The van der Waals surface area contributed by atoms with Crippen molar-refractivity contribution in [2.75, 3.05) is 6.61 Å². The van der Waals surface area contributed by atoms with Crippen molar-refractivity contribution in [3.05, 3.63) is 40.0 Å². The van der Waals surface area contributed by atoms with Crippen LogP contribution in [0.1, 0.15) is 62.4 Å². The lowest BCUT2D eigenvalue weighted by atomic mass is 10.1. The number of halogens is 3. The Morgan fingerprint density at radius 1 is 1.41 bits per heavy atom. The van der Waals surface area contributed by atoms with E-state index in [1.165, 1.54) is 16.2 Å². The normalized spacial score (nSPS) is 19.0. The van der Waals surface area contributed by atoms with Gasteiger partial charge < -0.3 is 9.47 Å². The van der Waals surface area contributed by atoms with E-state index >= 15 is 0 Å². The molecule has 0 aromatic carbocycles. The van der Waals surface area contributed by atoms with Gasteiger partial charge in [0.2, 0.25) is 0 Å². The van der Waals surface area contributed by atoms with Crippen molar-refractivity contribution in [1.29, 1.82) is 5.26 Å². The molecular weight excluding hydrogens is 489 g/mol. The van der Waals surface area contributed by atoms with Gasteiger partial charge in [-0.3, -0.25) is 9.88 Å². The van der Waals surface area contributed by atoms with Crippen molar-refractivity contribution in [3.63, 3.8) is 0 Å². The molecule has 1 aliphatic heterocycles. The summed E-state index contributed by atoms with van der Waals surface area (Å²) in [4.78, 5) is 23.1. The lowest BCUT2D eigenvalue weighted by Gasteiger charge is -2.36. The van der Waals surface area contributed by atoms with Gasteiger partial charge in [0.15, 0.2) is 0 Å². The molecule has 12 heteroatoms. The Hall–Kier alpha value is -2.36. The Bertz CT molecular complexity index is 1060. The van der Waals surface area contributed by atoms with Crippen LogP contribution in [-0.4, -0.2) is 44.9 Å². The molecule has 0 aliphatic carbocycles. The average Bonchev–Trinajstić information content (AvgIpc) is 3.33. The summed E-state index contributed by atoms with van der Waals surface area (Å²) in [6.45, 7) is 9.04. The van der Waals surface area contributed by atoms with Crippen molar-refractivity contribution in [2.45, 2.75) is 74.9 Å². The summed E-state index contributed by atoms with van der Waals surface area (Å²) in [5, 5.41) is 8.99. The highest BCUT2D eigenvalue weighted by Crippen LogP contribution is 2.44. The Balaban J connectivity index is 1.93. The van der Waals surface area contributed by atoms with E-state index < -0.39 is 40.6 Å². The Morgan fingerprint density at radius 2 is 2.12 bits per heavy atom. The predicted molar refractivity (Wildman–Crippen MR) is 121 cm³/mol. The first-order valence-electron chi connectivity index (χ1n) is 10.4. The summed E-state index contributed by atoms with van der Waals surface area (Å²) in [6.07, 6.45) is -3.22. The molecule has 1 unspecified atom stereocenters. The zero-order valence-corrected chi connectivity index (χ0v) is 21.0. The molecule has 1 aliphatic rings. The number of hydrogen-bond acceptors (Lipinski definition) is 8. The lowest BCUT2D eigenvalue weighted by molar-refractivity contribution is -0.141. The van der Waals surface area contributed by atoms with Crippen LogP contribution < -0.4 is 0 Å². The SMILES string of the molecule is CC(C)(C)OC(=O)N1C(C[C@@H](Sc2nc(C(F)(F)F)ccc2C#N)c2cncs2)COC1(C)C. The minimum Gasteiger partial charge on any atom is -0.444 e. The minimum atomic E-state index is -4.64. The van der Waals surface area contributed by atoms with E-state index in [0.717, 1.165) is 28.8 Å². The maximum atomic E-state index is 13.3. The number of carbonyl (C=O) groups excluding carboxylic acids is 1.